The summed E-state index contributed by atoms with van der Waals surface area (Å²) < 4.78 is 2.15. The van der Waals surface area contributed by atoms with E-state index in [0.717, 1.165) is 20.4 Å². The van der Waals surface area contributed by atoms with E-state index in [4.69, 9.17) is 23.2 Å². The summed E-state index contributed by atoms with van der Waals surface area (Å²) in [5.74, 6) is 0. The van der Waals surface area contributed by atoms with E-state index in [2.05, 4.69) is 50.2 Å². The fraction of sp³-hybridized carbons (Fsp3) is 0.231. The van der Waals surface area contributed by atoms with Crippen molar-refractivity contribution >= 4 is 66.4 Å². The Kier molecular flexibility index (Phi) is 5.76. The summed E-state index contributed by atoms with van der Waals surface area (Å²) in [6.07, 6.45) is 0. The van der Waals surface area contributed by atoms with Crippen molar-refractivity contribution in [2.24, 2.45) is 0 Å². The van der Waals surface area contributed by atoms with E-state index >= 15 is 0 Å². The van der Waals surface area contributed by atoms with Gasteiger partial charge in [-0.1, -0.05) is 36.2 Å². The Morgan fingerprint density at radius 2 is 1.95 bits per heavy atom. The normalized spacial score (nSPS) is 12.7. The number of nitrogens with one attached hydrogen (secondary N) is 1. The van der Waals surface area contributed by atoms with Gasteiger partial charge in [-0.15, -0.1) is 11.3 Å². The molecule has 1 N–H and O–H groups in total. The van der Waals surface area contributed by atoms with Crippen LogP contribution >= 0.6 is 66.4 Å². The van der Waals surface area contributed by atoms with Crippen LogP contribution in [0.25, 0.3) is 0 Å². The molecule has 1 aromatic carbocycles. The van der Waals surface area contributed by atoms with Gasteiger partial charge in [0.15, 0.2) is 0 Å². The Balaban J connectivity index is 2.41. The van der Waals surface area contributed by atoms with Gasteiger partial charge < -0.3 is 5.32 Å². The molecule has 0 radical (unpaired) electrons. The number of hydrogen-bond acceptors (Lipinski definition) is 2. The van der Waals surface area contributed by atoms with Crippen molar-refractivity contribution < 1.29 is 0 Å². The fourth-order valence-corrected chi connectivity index (χ4v) is 4.28. The second-order valence-electron chi connectivity index (χ2n) is 3.93. The molecule has 0 bridgehead atoms. The molecule has 2 rings (SSSR count). The molecule has 0 aliphatic rings. The molecule has 1 aromatic heterocycles. The molecule has 2 aromatic rings. The lowest BCUT2D eigenvalue weighted by atomic mass is 10.1. The van der Waals surface area contributed by atoms with Crippen LogP contribution in [0.15, 0.2) is 32.5 Å². The molecule has 0 aliphatic heterocycles. The lowest BCUT2D eigenvalue weighted by Crippen LogP contribution is -2.21. The van der Waals surface area contributed by atoms with Gasteiger partial charge in [0.2, 0.25) is 0 Å². The van der Waals surface area contributed by atoms with Crippen LogP contribution in [0.3, 0.4) is 0 Å². The Morgan fingerprint density at radius 1 is 1.21 bits per heavy atom. The van der Waals surface area contributed by atoms with Crippen LogP contribution in [-0.2, 0) is 0 Å². The smallest absolute Gasteiger partial charge is 0.0843 e. The Hall–Kier alpha value is 0.420. The molecule has 1 nitrogen and oxygen atoms in total. The molecule has 0 spiro atoms. The summed E-state index contributed by atoms with van der Waals surface area (Å²) in [6.45, 7) is 2.96. The van der Waals surface area contributed by atoms with Crippen molar-refractivity contribution in [3.63, 3.8) is 0 Å². The lowest BCUT2D eigenvalue weighted by Gasteiger charge is -2.17. The first-order valence-electron chi connectivity index (χ1n) is 5.66. The predicted molar refractivity (Wildman–Crippen MR) is 91.7 cm³/mol. The van der Waals surface area contributed by atoms with Crippen LogP contribution < -0.4 is 5.32 Å². The summed E-state index contributed by atoms with van der Waals surface area (Å²) >= 11 is 20.8. The highest BCUT2D eigenvalue weighted by Crippen LogP contribution is 2.38. The SMILES string of the molecule is CCNC(c1ccc(Cl)c(Cl)c1)c1cc(Br)c(Br)s1. The molecule has 0 saturated carbocycles. The molecule has 1 heterocycles. The second-order valence-corrected chi connectivity index (χ2v) is 8.01. The van der Waals surface area contributed by atoms with Gasteiger partial charge in [-0.2, -0.15) is 0 Å². The summed E-state index contributed by atoms with van der Waals surface area (Å²) in [5.41, 5.74) is 1.11. The highest BCUT2D eigenvalue weighted by molar-refractivity contribution is 9.13. The average Bonchev–Trinajstić information content (AvgIpc) is 2.70. The third kappa shape index (κ3) is 3.74. The van der Waals surface area contributed by atoms with Crippen LogP contribution in [-0.4, -0.2) is 6.54 Å². The first-order chi connectivity index (χ1) is 9.02. The summed E-state index contributed by atoms with van der Waals surface area (Å²) in [4.78, 5) is 1.22. The fourth-order valence-electron chi connectivity index (χ4n) is 1.78. The topological polar surface area (TPSA) is 12.0 Å². The van der Waals surface area contributed by atoms with Gasteiger partial charge in [0.05, 0.1) is 19.9 Å². The number of halogens is 4. The van der Waals surface area contributed by atoms with E-state index in [9.17, 15) is 0 Å². The first-order valence-corrected chi connectivity index (χ1v) is 8.81. The largest absolute Gasteiger partial charge is 0.306 e. The third-order valence-corrected chi connectivity index (χ3v) is 6.69. The predicted octanol–water partition coefficient (Wildman–Crippen LogP) is 6.28. The molecule has 102 valence electrons. The monoisotopic (exact) mass is 441 g/mol. The zero-order valence-corrected chi connectivity index (χ0v) is 15.5. The van der Waals surface area contributed by atoms with E-state index in [0.29, 0.717) is 10.0 Å². The van der Waals surface area contributed by atoms with Crippen molar-refractivity contribution in [3.8, 4) is 0 Å². The van der Waals surface area contributed by atoms with E-state index in [-0.39, 0.29) is 6.04 Å². The maximum atomic E-state index is 6.11. The van der Waals surface area contributed by atoms with Crippen molar-refractivity contribution in [1.29, 1.82) is 0 Å². The molecule has 1 atom stereocenters. The van der Waals surface area contributed by atoms with E-state index < -0.39 is 0 Å². The average molecular weight is 444 g/mol. The van der Waals surface area contributed by atoms with Crippen LogP contribution in [0.1, 0.15) is 23.4 Å². The Bertz CT molecular complexity index is 567. The van der Waals surface area contributed by atoms with Crippen LogP contribution in [0.2, 0.25) is 10.0 Å². The Labute approximate surface area is 143 Å². The van der Waals surface area contributed by atoms with Gasteiger partial charge in [0.1, 0.15) is 0 Å². The second kappa shape index (κ2) is 6.92. The van der Waals surface area contributed by atoms with Crippen LogP contribution in [0, 0.1) is 0 Å². The van der Waals surface area contributed by atoms with Gasteiger partial charge >= 0.3 is 0 Å². The van der Waals surface area contributed by atoms with Gasteiger partial charge in [-0.25, -0.2) is 0 Å². The molecule has 0 fully saturated rings. The zero-order chi connectivity index (χ0) is 14.0. The molecular formula is C13H11Br2Cl2NS. The minimum atomic E-state index is 0.118. The highest BCUT2D eigenvalue weighted by Gasteiger charge is 2.17. The maximum absolute atomic E-state index is 6.11. The summed E-state index contributed by atoms with van der Waals surface area (Å²) in [6, 6.07) is 7.99. The lowest BCUT2D eigenvalue weighted by molar-refractivity contribution is 0.639. The van der Waals surface area contributed by atoms with Crippen molar-refractivity contribution in [3.05, 3.63) is 53.0 Å². The minimum absolute atomic E-state index is 0.118. The van der Waals surface area contributed by atoms with Crippen LogP contribution in [0.4, 0.5) is 0 Å². The van der Waals surface area contributed by atoms with Crippen LogP contribution in [0.5, 0.6) is 0 Å². The number of thiophene rings is 1. The highest BCUT2D eigenvalue weighted by atomic mass is 79.9. The molecule has 0 amide bonds. The van der Waals surface area contributed by atoms with Gasteiger partial charge in [-0.3, -0.25) is 0 Å². The van der Waals surface area contributed by atoms with E-state index in [1.807, 2.05) is 18.2 Å². The quantitative estimate of drug-likeness (QED) is 0.586. The standard InChI is InChI=1S/C13H11Br2Cl2NS/c1-2-18-12(11-6-8(14)13(15)19-11)7-3-4-9(16)10(17)5-7/h3-6,12,18H,2H2,1H3. The molecule has 6 heteroatoms. The van der Waals surface area contributed by atoms with E-state index in [1.165, 1.54) is 4.88 Å². The number of hydrogen-bond donors (Lipinski definition) is 1. The molecule has 0 aliphatic carbocycles. The van der Waals surface area contributed by atoms with Gasteiger partial charge in [0, 0.05) is 9.35 Å². The Morgan fingerprint density at radius 3 is 2.47 bits per heavy atom. The van der Waals surface area contributed by atoms with E-state index in [1.54, 1.807) is 11.3 Å². The molecule has 19 heavy (non-hydrogen) atoms. The first kappa shape index (κ1) is 15.8. The maximum Gasteiger partial charge on any atom is 0.0843 e. The molecular weight excluding hydrogens is 433 g/mol. The third-order valence-electron chi connectivity index (χ3n) is 2.63. The van der Waals surface area contributed by atoms with Crippen molar-refractivity contribution in [1.82, 2.24) is 5.32 Å². The molecule has 0 saturated heterocycles. The van der Waals surface area contributed by atoms with Crippen molar-refractivity contribution in [2.45, 2.75) is 13.0 Å². The number of rotatable bonds is 4. The van der Waals surface area contributed by atoms with Crippen molar-refractivity contribution in [2.75, 3.05) is 6.54 Å². The van der Waals surface area contributed by atoms with Gasteiger partial charge in [-0.05, 0) is 62.2 Å². The minimum Gasteiger partial charge on any atom is -0.306 e. The van der Waals surface area contributed by atoms with Gasteiger partial charge in [0.25, 0.3) is 0 Å². The molecule has 1 unspecified atom stereocenters. The summed E-state index contributed by atoms with van der Waals surface area (Å²) in [7, 11) is 0. The zero-order valence-electron chi connectivity index (χ0n) is 10.0. The number of benzene rings is 1. The summed E-state index contributed by atoms with van der Waals surface area (Å²) in [5, 5.41) is 4.63.